The summed E-state index contributed by atoms with van der Waals surface area (Å²) in [5, 5.41) is 2.76. The van der Waals surface area contributed by atoms with Gasteiger partial charge in [-0.15, -0.1) is 0 Å². The zero-order valence-corrected chi connectivity index (χ0v) is 9.09. The smallest absolute Gasteiger partial charge is 0.221 e. The Morgan fingerprint density at radius 2 is 2.07 bits per heavy atom. The van der Waals surface area contributed by atoms with Crippen molar-refractivity contribution >= 4 is 11.6 Å². The van der Waals surface area contributed by atoms with Gasteiger partial charge >= 0.3 is 0 Å². The number of aromatic nitrogens is 1. The van der Waals surface area contributed by atoms with Crippen molar-refractivity contribution in [2.75, 3.05) is 5.32 Å². The van der Waals surface area contributed by atoms with E-state index in [9.17, 15) is 4.79 Å². The van der Waals surface area contributed by atoms with Crippen molar-refractivity contribution in [2.24, 2.45) is 0 Å². The molecule has 3 heteroatoms. The van der Waals surface area contributed by atoms with Gasteiger partial charge in [0, 0.05) is 24.0 Å². The first-order valence-electron chi connectivity index (χ1n) is 4.75. The molecule has 14 heavy (non-hydrogen) atoms. The molecular formula is C11H16N2O. The van der Waals surface area contributed by atoms with Crippen molar-refractivity contribution in [3.63, 3.8) is 0 Å². The van der Waals surface area contributed by atoms with Gasteiger partial charge in [0.2, 0.25) is 5.91 Å². The maximum absolute atomic E-state index is 10.9. The number of amides is 1. The van der Waals surface area contributed by atoms with E-state index in [4.69, 9.17) is 0 Å². The summed E-state index contributed by atoms with van der Waals surface area (Å²) in [5.41, 5.74) is 2.77. The largest absolute Gasteiger partial charge is 0.326 e. The van der Waals surface area contributed by atoms with Crippen molar-refractivity contribution in [1.82, 2.24) is 4.98 Å². The average molecular weight is 192 g/mol. The molecule has 0 radical (unpaired) electrons. The van der Waals surface area contributed by atoms with Crippen LogP contribution in [0.3, 0.4) is 0 Å². The molecule has 0 unspecified atom stereocenters. The van der Waals surface area contributed by atoms with Gasteiger partial charge in [-0.3, -0.25) is 9.78 Å². The highest BCUT2D eigenvalue weighted by Crippen LogP contribution is 2.17. The van der Waals surface area contributed by atoms with Crippen molar-refractivity contribution in [2.45, 2.75) is 33.6 Å². The Bertz CT molecular complexity index is 345. The minimum absolute atomic E-state index is 0.0506. The van der Waals surface area contributed by atoms with Gasteiger partial charge in [0.15, 0.2) is 0 Å². The Hall–Kier alpha value is -1.38. The Morgan fingerprint density at radius 3 is 2.57 bits per heavy atom. The van der Waals surface area contributed by atoms with Crippen LogP contribution in [0.1, 0.15) is 38.1 Å². The van der Waals surface area contributed by atoms with Crippen LogP contribution in [-0.2, 0) is 4.79 Å². The van der Waals surface area contributed by atoms with E-state index in [-0.39, 0.29) is 5.91 Å². The topological polar surface area (TPSA) is 42.0 Å². The number of rotatable bonds is 2. The third-order valence-corrected chi connectivity index (χ3v) is 1.89. The molecule has 1 N–H and O–H groups in total. The van der Waals surface area contributed by atoms with Gasteiger partial charge in [0.1, 0.15) is 0 Å². The molecule has 0 spiro atoms. The van der Waals surface area contributed by atoms with Crippen LogP contribution in [0.5, 0.6) is 0 Å². The number of carbonyl (C=O) groups excluding carboxylic acids is 1. The predicted octanol–water partition coefficient (Wildman–Crippen LogP) is 2.47. The van der Waals surface area contributed by atoms with Gasteiger partial charge in [0.25, 0.3) is 0 Å². The maximum Gasteiger partial charge on any atom is 0.221 e. The van der Waals surface area contributed by atoms with Crippen molar-refractivity contribution in [3.8, 4) is 0 Å². The average Bonchev–Trinajstić information content (AvgIpc) is 2.01. The first-order chi connectivity index (χ1) is 6.49. The monoisotopic (exact) mass is 192 g/mol. The second-order valence-corrected chi connectivity index (χ2v) is 3.76. The van der Waals surface area contributed by atoms with E-state index in [2.05, 4.69) is 24.1 Å². The number of pyridine rings is 1. The molecule has 0 saturated heterocycles. The quantitative estimate of drug-likeness (QED) is 0.782. The van der Waals surface area contributed by atoms with Gasteiger partial charge in [-0.25, -0.2) is 0 Å². The molecule has 0 bridgehead atoms. The molecule has 3 nitrogen and oxygen atoms in total. The first-order valence-corrected chi connectivity index (χ1v) is 4.75. The van der Waals surface area contributed by atoms with Crippen molar-refractivity contribution < 1.29 is 4.79 Å². The summed E-state index contributed by atoms with van der Waals surface area (Å²) < 4.78 is 0. The molecule has 76 valence electrons. The Labute approximate surface area is 84.6 Å². The molecule has 0 atom stereocenters. The van der Waals surface area contributed by atoms with Gasteiger partial charge in [-0.05, 0) is 25.0 Å². The summed E-state index contributed by atoms with van der Waals surface area (Å²) in [6.07, 6.45) is 0. The van der Waals surface area contributed by atoms with Crippen LogP contribution in [0.4, 0.5) is 5.69 Å². The molecule has 1 rings (SSSR count). The predicted molar refractivity (Wildman–Crippen MR) is 57.4 cm³/mol. The summed E-state index contributed by atoms with van der Waals surface area (Å²) in [6, 6.07) is 3.78. The number of anilines is 1. The molecule has 0 saturated carbocycles. The normalized spacial score (nSPS) is 10.4. The lowest BCUT2D eigenvalue weighted by Gasteiger charge is -2.09. The molecule has 1 heterocycles. The second-order valence-electron chi connectivity index (χ2n) is 3.76. The van der Waals surface area contributed by atoms with Crippen LogP contribution in [0.2, 0.25) is 0 Å². The number of hydrogen-bond acceptors (Lipinski definition) is 2. The minimum atomic E-state index is -0.0506. The summed E-state index contributed by atoms with van der Waals surface area (Å²) in [7, 11) is 0. The zero-order valence-electron chi connectivity index (χ0n) is 9.09. The van der Waals surface area contributed by atoms with Gasteiger partial charge in [-0.1, -0.05) is 13.8 Å². The molecular weight excluding hydrogens is 176 g/mol. The highest BCUT2D eigenvalue weighted by atomic mass is 16.1. The number of nitrogens with one attached hydrogen (secondary N) is 1. The highest BCUT2D eigenvalue weighted by Gasteiger charge is 2.04. The van der Waals surface area contributed by atoms with Gasteiger partial charge in [-0.2, -0.15) is 0 Å². The number of nitrogens with zero attached hydrogens (tertiary/aromatic N) is 1. The third-order valence-electron chi connectivity index (χ3n) is 1.89. The summed E-state index contributed by atoms with van der Waals surface area (Å²) >= 11 is 0. The van der Waals surface area contributed by atoms with E-state index in [1.807, 2.05) is 19.1 Å². The SMILES string of the molecule is CC(=O)Nc1cc(C)nc(C(C)C)c1. The van der Waals surface area contributed by atoms with Crippen LogP contribution in [0.25, 0.3) is 0 Å². The fraction of sp³-hybridized carbons (Fsp3) is 0.455. The van der Waals surface area contributed by atoms with Crippen molar-refractivity contribution in [1.29, 1.82) is 0 Å². The lowest BCUT2D eigenvalue weighted by atomic mass is 10.1. The molecule has 1 aromatic rings. The lowest BCUT2D eigenvalue weighted by Crippen LogP contribution is -2.07. The van der Waals surface area contributed by atoms with Crippen molar-refractivity contribution in [3.05, 3.63) is 23.5 Å². The van der Waals surface area contributed by atoms with E-state index in [0.717, 1.165) is 17.1 Å². The van der Waals surface area contributed by atoms with E-state index >= 15 is 0 Å². The number of aryl methyl sites for hydroxylation is 1. The van der Waals surface area contributed by atoms with E-state index in [1.54, 1.807) is 0 Å². The number of carbonyl (C=O) groups is 1. The standard InChI is InChI=1S/C11H16N2O/c1-7(2)11-6-10(13-9(4)14)5-8(3)12-11/h5-7H,1-4H3,(H,12,13,14). The molecule has 0 fully saturated rings. The fourth-order valence-corrected chi connectivity index (χ4v) is 1.27. The van der Waals surface area contributed by atoms with E-state index < -0.39 is 0 Å². The van der Waals surface area contributed by atoms with E-state index in [0.29, 0.717) is 5.92 Å². The maximum atomic E-state index is 10.9. The molecule has 0 aliphatic rings. The molecule has 1 amide bonds. The summed E-state index contributed by atoms with van der Waals surface area (Å²) in [4.78, 5) is 15.3. The zero-order chi connectivity index (χ0) is 10.7. The fourth-order valence-electron chi connectivity index (χ4n) is 1.27. The number of hydrogen-bond donors (Lipinski definition) is 1. The summed E-state index contributed by atoms with van der Waals surface area (Å²) in [6.45, 7) is 7.60. The second kappa shape index (κ2) is 4.22. The third kappa shape index (κ3) is 2.83. The summed E-state index contributed by atoms with van der Waals surface area (Å²) in [5.74, 6) is 0.327. The molecule has 0 aliphatic carbocycles. The lowest BCUT2D eigenvalue weighted by molar-refractivity contribution is -0.114. The Balaban J connectivity index is 3.01. The van der Waals surface area contributed by atoms with Crippen LogP contribution in [0.15, 0.2) is 12.1 Å². The van der Waals surface area contributed by atoms with Gasteiger partial charge in [0.05, 0.1) is 0 Å². The van der Waals surface area contributed by atoms with Crippen LogP contribution < -0.4 is 5.32 Å². The molecule has 0 aromatic carbocycles. The van der Waals surface area contributed by atoms with E-state index in [1.165, 1.54) is 6.92 Å². The first kappa shape index (κ1) is 10.7. The minimum Gasteiger partial charge on any atom is -0.326 e. The van der Waals surface area contributed by atoms with Crippen LogP contribution in [-0.4, -0.2) is 10.9 Å². The Kier molecular flexibility index (Phi) is 3.23. The van der Waals surface area contributed by atoms with Gasteiger partial charge < -0.3 is 5.32 Å². The van der Waals surface area contributed by atoms with Crippen LogP contribution in [0, 0.1) is 6.92 Å². The molecule has 0 aliphatic heterocycles. The highest BCUT2D eigenvalue weighted by molar-refractivity contribution is 5.88. The van der Waals surface area contributed by atoms with Crippen LogP contribution >= 0.6 is 0 Å². The Morgan fingerprint density at radius 1 is 1.43 bits per heavy atom. The molecule has 1 aromatic heterocycles.